The van der Waals surface area contributed by atoms with E-state index in [0.717, 1.165) is 16.3 Å². The van der Waals surface area contributed by atoms with Crippen LogP contribution in [0.2, 0.25) is 0 Å². The highest BCUT2D eigenvalue weighted by atomic mass is 32.1. The van der Waals surface area contributed by atoms with Crippen LogP contribution in [0.15, 0.2) is 17.6 Å². The molecule has 0 saturated heterocycles. The molecule has 0 aliphatic heterocycles. The van der Waals surface area contributed by atoms with Crippen LogP contribution < -0.4 is 5.32 Å². The van der Waals surface area contributed by atoms with E-state index in [9.17, 15) is 18.0 Å². The molecule has 0 fully saturated rings. The number of H-pyrrole nitrogens is 1. The summed E-state index contributed by atoms with van der Waals surface area (Å²) in [6.07, 6.45) is -2.55. The van der Waals surface area contributed by atoms with Crippen LogP contribution >= 0.6 is 11.3 Å². The molecule has 0 radical (unpaired) electrons. The number of alkyl halides is 3. The number of aromatic amines is 1. The Hall–Kier alpha value is -1.87. The summed E-state index contributed by atoms with van der Waals surface area (Å²) in [6.45, 7) is 3.13. The van der Waals surface area contributed by atoms with Crippen LogP contribution in [0.4, 0.5) is 13.2 Å². The standard InChI is InChI=1S/C15H19F3N4OS/c1-3-22(9-15(16,17)18)5-4-19-14(23)12-6-11(7-20-12)13-8-24-10(2)21-13/h6-8,20H,3-5,9H2,1-2H3,(H,19,23). The summed E-state index contributed by atoms with van der Waals surface area (Å²) in [5, 5.41) is 5.45. The van der Waals surface area contributed by atoms with Crippen LogP contribution in [-0.2, 0) is 0 Å². The molecule has 24 heavy (non-hydrogen) atoms. The predicted molar refractivity (Wildman–Crippen MR) is 87.1 cm³/mol. The summed E-state index contributed by atoms with van der Waals surface area (Å²) in [6, 6.07) is 1.68. The van der Waals surface area contributed by atoms with Crippen molar-refractivity contribution in [2.24, 2.45) is 0 Å². The van der Waals surface area contributed by atoms with Gasteiger partial charge in [-0.1, -0.05) is 6.92 Å². The lowest BCUT2D eigenvalue weighted by Gasteiger charge is -2.21. The molecule has 2 aromatic heterocycles. The molecular weight excluding hydrogens is 341 g/mol. The number of hydrogen-bond donors (Lipinski definition) is 2. The molecule has 0 aromatic carbocycles. The smallest absolute Gasteiger partial charge is 0.357 e. The third kappa shape index (κ3) is 5.34. The molecule has 2 N–H and O–H groups in total. The van der Waals surface area contributed by atoms with E-state index in [2.05, 4.69) is 15.3 Å². The lowest BCUT2D eigenvalue weighted by molar-refractivity contribution is -0.145. The summed E-state index contributed by atoms with van der Waals surface area (Å²) < 4.78 is 37.1. The quantitative estimate of drug-likeness (QED) is 0.798. The van der Waals surface area contributed by atoms with Crippen molar-refractivity contribution in [1.82, 2.24) is 20.2 Å². The highest BCUT2D eigenvalue weighted by Gasteiger charge is 2.29. The van der Waals surface area contributed by atoms with Gasteiger partial charge in [0, 0.05) is 30.2 Å². The molecule has 5 nitrogen and oxygen atoms in total. The van der Waals surface area contributed by atoms with E-state index >= 15 is 0 Å². The summed E-state index contributed by atoms with van der Waals surface area (Å²) in [5.41, 5.74) is 1.95. The number of carbonyl (C=O) groups excluding carboxylic acids is 1. The van der Waals surface area contributed by atoms with Crippen molar-refractivity contribution in [3.8, 4) is 11.3 Å². The van der Waals surface area contributed by atoms with Crippen LogP contribution in [0.1, 0.15) is 22.4 Å². The van der Waals surface area contributed by atoms with Gasteiger partial charge in [0.1, 0.15) is 5.69 Å². The molecule has 0 unspecified atom stereocenters. The van der Waals surface area contributed by atoms with Gasteiger partial charge in [0.2, 0.25) is 0 Å². The monoisotopic (exact) mass is 360 g/mol. The second kappa shape index (κ2) is 7.80. The molecule has 9 heteroatoms. The Bertz CT molecular complexity index is 680. The van der Waals surface area contributed by atoms with Crippen LogP contribution in [-0.4, -0.2) is 53.1 Å². The molecular formula is C15H19F3N4OS. The zero-order chi connectivity index (χ0) is 17.7. The second-order valence-electron chi connectivity index (χ2n) is 5.29. The van der Waals surface area contributed by atoms with Crippen molar-refractivity contribution in [1.29, 1.82) is 0 Å². The van der Waals surface area contributed by atoms with E-state index in [-0.39, 0.29) is 25.5 Å². The van der Waals surface area contributed by atoms with Gasteiger partial charge in [-0.25, -0.2) is 4.98 Å². The number of hydrogen-bond acceptors (Lipinski definition) is 4. The fourth-order valence-electron chi connectivity index (χ4n) is 2.19. The average Bonchev–Trinajstić information content (AvgIpc) is 3.13. The van der Waals surface area contributed by atoms with Crippen LogP contribution in [0, 0.1) is 6.92 Å². The van der Waals surface area contributed by atoms with Gasteiger partial charge >= 0.3 is 6.18 Å². The normalized spacial score (nSPS) is 11.9. The van der Waals surface area contributed by atoms with Gasteiger partial charge in [0.05, 0.1) is 17.2 Å². The summed E-state index contributed by atoms with van der Waals surface area (Å²) in [7, 11) is 0. The Balaban J connectivity index is 1.86. The minimum Gasteiger partial charge on any atom is -0.357 e. The van der Waals surface area contributed by atoms with Crippen LogP contribution in [0.3, 0.4) is 0 Å². The minimum atomic E-state index is -4.24. The first-order valence-electron chi connectivity index (χ1n) is 7.46. The first-order chi connectivity index (χ1) is 11.3. The minimum absolute atomic E-state index is 0.139. The molecule has 0 saturated carbocycles. The second-order valence-corrected chi connectivity index (χ2v) is 6.36. The number of nitrogens with zero attached hydrogens (tertiary/aromatic N) is 2. The van der Waals surface area contributed by atoms with Gasteiger partial charge < -0.3 is 10.3 Å². The maximum absolute atomic E-state index is 12.4. The third-order valence-corrected chi connectivity index (χ3v) is 4.18. The summed E-state index contributed by atoms with van der Waals surface area (Å²) in [4.78, 5) is 20.5. The van der Waals surface area contributed by atoms with Gasteiger partial charge in [0.15, 0.2) is 0 Å². The fourth-order valence-corrected chi connectivity index (χ4v) is 2.82. The molecule has 0 aliphatic rings. The summed E-state index contributed by atoms with van der Waals surface area (Å²) >= 11 is 1.52. The number of aromatic nitrogens is 2. The molecule has 2 aromatic rings. The van der Waals surface area contributed by atoms with Crippen molar-refractivity contribution < 1.29 is 18.0 Å². The first-order valence-corrected chi connectivity index (χ1v) is 8.34. The number of aryl methyl sites for hydroxylation is 1. The van der Waals surface area contributed by atoms with Gasteiger partial charge in [-0.2, -0.15) is 13.2 Å². The zero-order valence-corrected chi connectivity index (χ0v) is 14.2. The van der Waals surface area contributed by atoms with Crippen LogP contribution in [0.5, 0.6) is 0 Å². The number of rotatable bonds is 7. The molecule has 0 atom stereocenters. The molecule has 0 spiro atoms. The Kier molecular flexibility index (Phi) is 6.00. The van der Waals surface area contributed by atoms with Crippen molar-refractivity contribution in [2.75, 3.05) is 26.2 Å². The Morgan fingerprint density at radius 3 is 2.79 bits per heavy atom. The maximum Gasteiger partial charge on any atom is 0.401 e. The molecule has 1 amide bonds. The van der Waals surface area contributed by atoms with E-state index in [0.29, 0.717) is 5.69 Å². The number of thiazole rings is 1. The van der Waals surface area contributed by atoms with Crippen molar-refractivity contribution in [3.63, 3.8) is 0 Å². The zero-order valence-electron chi connectivity index (χ0n) is 13.4. The SMILES string of the molecule is CCN(CCNC(=O)c1cc(-c2csc(C)n2)c[nH]1)CC(F)(F)F. The topological polar surface area (TPSA) is 61.0 Å². The van der Waals surface area contributed by atoms with E-state index in [1.54, 1.807) is 19.2 Å². The Labute approximate surface area is 141 Å². The Morgan fingerprint density at radius 1 is 1.46 bits per heavy atom. The van der Waals surface area contributed by atoms with Crippen molar-refractivity contribution in [3.05, 3.63) is 28.3 Å². The van der Waals surface area contributed by atoms with Crippen LogP contribution in [0.25, 0.3) is 11.3 Å². The molecule has 0 aliphatic carbocycles. The van der Waals surface area contributed by atoms with E-state index in [1.165, 1.54) is 16.2 Å². The lowest BCUT2D eigenvalue weighted by atomic mass is 10.2. The number of likely N-dealkylation sites (N-methyl/N-ethyl adjacent to an activating group) is 1. The largest absolute Gasteiger partial charge is 0.401 e. The average molecular weight is 360 g/mol. The molecule has 132 valence electrons. The maximum atomic E-state index is 12.4. The highest BCUT2D eigenvalue weighted by molar-refractivity contribution is 7.09. The number of nitrogens with one attached hydrogen (secondary N) is 2. The first kappa shape index (κ1) is 18.5. The summed E-state index contributed by atoms with van der Waals surface area (Å²) in [5.74, 6) is -0.351. The van der Waals surface area contributed by atoms with Crippen molar-refractivity contribution in [2.45, 2.75) is 20.0 Å². The predicted octanol–water partition coefficient (Wildman–Crippen LogP) is 3.06. The van der Waals surface area contributed by atoms with Gasteiger partial charge in [-0.05, 0) is 19.5 Å². The number of amides is 1. The van der Waals surface area contributed by atoms with Crippen molar-refractivity contribution >= 4 is 17.2 Å². The number of halogens is 3. The molecule has 0 bridgehead atoms. The fraction of sp³-hybridized carbons (Fsp3) is 0.467. The van der Waals surface area contributed by atoms with E-state index < -0.39 is 12.7 Å². The van der Waals surface area contributed by atoms with E-state index in [1.807, 2.05) is 12.3 Å². The molecule has 2 heterocycles. The van der Waals surface area contributed by atoms with E-state index in [4.69, 9.17) is 0 Å². The highest BCUT2D eigenvalue weighted by Crippen LogP contribution is 2.22. The van der Waals surface area contributed by atoms with Gasteiger partial charge in [0.25, 0.3) is 5.91 Å². The number of carbonyl (C=O) groups is 1. The van der Waals surface area contributed by atoms with Gasteiger partial charge in [-0.15, -0.1) is 11.3 Å². The lowest BCUT2D eigenvalue weighted by Crippen LogP contribution is -2.39. The third-order valence-electron chi connectivity index (χ3n) is 3.41. The molecule has 2 rings (SSSR count). The van der Waals surface area contributed by atoms with Gasteiger partial charge in [-0.3, -0.25) is 9.69 Å². The Morgan fingerprint density at radius 2 is 2.21 bits per heavy atom.